The largest absolute Gasteiger partial charge is 0.494 e. The molecule has 0 aromatic heterocycles. The Morgan fingerprint density at radius 1 is 1.00 bits per heavy atom. The van der Waals surface area contributed by atoms with Gasteiger partial charge in [-0.2, -0.15) is 0 Å². The molecule has 2 aromatic carbocycles. The molecule has 0 fully saturated rings. The maximum Gasteiger partial charge on any atom is 0.277 e. The lowest BCUT2D eigenvalue weighted by Gasteiger charge is -2.29. The molecule has 0 bridgehead atoms. The third-order valence-electron chi connectivity index (χ3n) is 5.76. The molecule has 0 radical (unpaired) electrons. The first kappa shape index (κ1) is 27.7. The van der Waals surface area contributed by atoms with Gasteiger partial charge in [0.05, 0.1) is 40.2 Å². The fourth-order valence-electron chi connectivity index (χ4n) is 3.53. The Labute approximate surface area is 204 Å². The van der Waals surface area contributed by atoms with Gasteiger partial charge < -0.3 is 15.2 Å². The van der Waals surface area contributed by atoms with Gasteiger partial charge in [0.2, 0.25) is 0 Å². The second kappa shape index (κ2) is 13.4. The van der Waals surface area contributed by atoms with E-state index in [-0.39, 0.29) is 12.2 Å². The van der Waals surface area contributed by atoms with E-state index in [1.165, 1.54) is 19.3 Å². The zero-order chi connectivity index (χ0) is 25.8. The van der Waals surface area contributed by atoms with Crippen LogP contribution in [-0.4, -0.2) is 39.6 Å². The molecule has 10 heteroatoms. The first-order valence-corrected chi connectivity index (χ1v) is 11.8. The molecular weight excluding hydrogens is 454 g/mol. The molecule has 0 heterocycles. The van der Waals surface area contributed by atoms with E-state index in [0.29, 0.717) is 19.4 Å². The summed E-state index contributed by atoms with van der Waals surface area (Å²) in [5, 5.41) is 34.8. The monoisotopic (exact) mass is 487 g/mol. The minimum atomic E-state index is -1.04. The van der Waals surface area contributed by atoms with Crippen LogP contribution in [-0.2, 0) is 6.42 Å². The number of nitrogens with zero attached hydrogens (tertiary/aromatic N) is 2. The predicted octanol–water partition coefficient (Wildman–Crippen LogP) is 4.97. The number of aliphatic hydroxyl groups is 1. The molecule has 190 valence electrons. The molecule has 0 saturated heterocycles. The quantitative estimate of drug-likeness (QED) is 0.205. The van der Waals surface area contributed by atoms with Crippen LogP contribution in [0.1, 0.15) is 68.3 Å². The number of aryl methyl sites for hydroxylation is 1. The summed E-state index contributed by atoms with van der Waals surface area (Å²) in [7, 11) is 0. The number of unbranched alkanes of at least 4 members (excludes halogenated alkanes) is 4. The van der Waals surface area contributed by atoms with Gasteiger partial charge in [-0.05, 0) is 43.9 Å². The van der Waals surface area contributed by atoms with Gasteiger partial charge in [-0.25, -0.2) is 0 Å². The van der Waals surface area contributed by atoms with Crippen molar-refractivity contribution < 1.29 is 24.5 Å². The van der Waals surface area contributed by atoms with Crippen LogP contribution in [0.2, 0.25) is 0 Å². The van der Waals surface area contributed by atoms with Crippen molar-refractivity contribution in [1.82, 2.24) is 5.32 Å². The van der Waals surface area contributed by atoms with E-state index in [0.717, 1.165) is 42.4 Å². The number of carbonyl (C=O) groups is 1. The molecule has 35 heavy (non-hydrogen) atoms. The molecule has 0 saturated carbocycles. The van der Waals surface area contributed by atoms with Gasteiger partial charge in [0.25, 0.3) is 17.3 Å². The van der Waals surface area contributed by atoms with Crippen molar-refractivity contribution in [2.75, 3.05) is 13.2 Å². The topological polar surface area (TPSA) is 145 Å². The van der Waals surface area contributed by atoms with E-state index in [1.54, 1.807) is 6.92 Å². The van der Waals surface area contributed by atoms with Gasteiger partial charge in [0.1, 0.15) is 5.75 Å². The van der Waals surface area contributed by atoms with Gasteiger partial charge in [-0.1, -0.05) is 44.7 Å². The van der Waals surface area contributed by atoms with Crippen molar-refractivity contribution in [2.24, 2.45) is 0 Å². The number of nitro groups is 2. The molecule has 0 aliphatic carbocycles. The van der Waals surface area contributed by atoms with Crippen LogP contribution in [0.4, 0.5) is 11.4 Å². The number of ether oxygens (including phenoxy) is 1. The number of hydrogen-bond donors (Lipinski definition) is 2. The summed E-state index contributed by atoms with van der Waals surface area (Å²) in [5.74, 6) is 0.0470. The molecular formula is C25H33N3O7. The highest BCUT2D eigenvalue weighted by Crippen LogP contribution is 2.24. The zero-order valence-corrected chi connectivity index (χ0v) is 20.2. The lowest BCUT2D eigenvalue weighted by atomic mass is 9.93. The number of non-ortho nitro benzene ring substituents is 2. The van der Waals surface area contributed by atoms with Crippen LogP contribution < -0.4 is 10.1 Å². The number of hydrogen-bond acceptors (Lipinski definition) is 7. The number of aliphatic hydroxyl groups excluding tert-OH is 1. The normalized spacial score (nSPS) is 12.5. The van der Waals surface area contributed by atoms with Crippen molar-refractivity contribution in [3.05, 3.63) is 73.8 Å². The molecule has 0 aliphatic heterocycles. The van der Waals surface area contributed by atoms with Crippen molar-refractivity contribution in [2.45, 2.75) is 64.3 Å². The maximum absolute atomic E-state index is 12.7. The number of amides is 1. The van der Waals surface area contributed by atoms with Gasteiger partial charge in [0.15, 0.2) is 0 Å². The Morgan fingerprint density at radius 3 is 2.14 bits per heavy atom. The molecule has 0 spiro atoms. The summed E-state index contributed by atoms with van der Waals surface area (Å²) < 4.78 is 5.77. The molecule has 2 aromatic rings. The van der Waals surface area contributed by atoms with Crippen molar-refractivity contribution >= 4 is 17.3 Å². The van der Waals surface area contributed by atoms with Crippen molar-refractivity contribution in [3.63, 3.8) is 0 Å². The van der Waals surface area contributed by atoms with Crippen LogP contribution in [0.3, 0.4) is 0 Å². The van der Waals surface area contributed by atoms with Crippen molar-refractivity contribution in [1.29, 1.82) is 0 Å². The fourth-order valence-corrected chi connectivity index (χ4v) is 3.53. The minimum Gasteiger partial charge on any atom is -0.494 e. The number of nitrogens with one attached hydrogen (secondary N) is 1. The van der Waals surface area contributed by atoms with E-state index in [4.69, 9.17) is 4.74 Å². The van der Waals surface area contributed by atoms with E-state index in [1.807, 2.05) is 24.3 Å². The minimum absolute atomic E-state index is 0.221. The van der Waals surface area contributed by atoms with Crippen LogP contribution in [0.15, 0.2) is 42.5 Å². The highest BCUT2D eigenvalue weighted by Gasteiger charge is 2.28. The molecule has 1 unspecified atom stereocenters. The average Bonchev–Trinajstić information content (AvgIpc) is 2.85. The van der Waals surface area contributed by atoms with Crippen LogP contribution >= 0.6 is 0 Å². The summed E-state index contributed by atoms with van der Waals surface area (Å²) in [6.45, 7) is 4.12. The van der Waals surface area contributed by atoms with Crippen LogP contribution in [0.5, 0.6) is 5.75 Å². The smallest absolute Gasteiger partial charge is 0.277 e. The summed E-state index contributed by atoms with van der Waals surface area (Å²) in [5.41, 5.74) is -1.39. The Morgan fingerprint density at radius 2 is 1.60 bits per heavy atom. The highest BCUT2D eigenvalue weighted by molar-refractivity contribution is 5.96. The summed E-state index contributed by atoms with van der Waals surface area (Å²) >= 11 is 0. The maximum atomic E-state index is 12.7. The zero-order valence-electron chi connectivity index (χ0n) is 20.2. The third kappa shape index (κ3) is 8.97. The average molecular weight is 488 g/mol. The molecule has 1 atom stereocenters. The van der Waals surface area contributed by atoms with Crippen molar-refractivity contribution in [3.8, 4) is 5.75 Å². The first-order valence-electron chi connectivity index (χ1n) is 11.8. The van der Waals surface area contributed by atoms with E-state index in [9.17, 15) is 30.1 Å². The molecule has 10 nitrogen and oxygen atoms in total. The van der Waals surface area contributed by atoms with Gasteiger partial charge in [-0.15, -0.1) is 0 Å². The lowest BCUT2D eigenvalue weighted by molar-refractivity contribution is -0.394. The Kier molecular flexibility index (Phi) is 10.6. The number of carbonyl (C=O) groups excluding carboxylic acids is 1. The highest BCUT2D eigenvalue weighted by atomic mass is 16.6. The number of nitro benzene ring substituents is 2. The summed E-state index contributed by atoms with van der Waals surface area (Å²) in [4.78, 5) is 33.3. The Hall–Kier alpha value is -3.53. The Balaban J connectivity index is 1.96. The number of benzene rings is 2. The van der Waals surface area contributed by atoms with Gasteiger partial charge in [-0.3, -0.25) is 25.0 Å². The third-order valence-corrected chi connectivity index (χ3v) is 5.76. The van der Waals surface area contributed by atoms with Crippen LogP contribution in [0.25, 0.3) is 0 Å². The van der Waals surface area contributed by atoms with Crippen LogP contribution in [0, 0.1) is 20.2 Å². The standard InChI is InChI=1S/C25H33N3O7/c1-3-4-5-6-7-14-35-23-10-8-19(9-11-23)12-13-25(2,18-29)26-24(30)20-15-21(27(31)32)17-22(16-20)28(33)34/h8-11,15-17,29H,3-7,12-14,18H2,1-2H3,(H,26,30). The molecule has 0 aliphatic rings. The fraction of sp³-hybridized carbons (Fsp3) is 0.480. The molecule has 1 amide bonds. The predicted molar refractivity (Wildman–Crippen MR) is 132 cm³/mol. The number of rotatable bonds is 15. The summed E-state index contributed by atoms with van der Waals surface area (Å²) in [6, 6.07) is 10.4. The van der Waals surface area contributed by atoms with Gasteiger partial charge >= 0.3 is 0 Å². The SMILES string of the molecule is CCCCCCCOc1ccc(CCC(C)(CO)NC(=O)c2cc([N+](=O)[O-])cc([N+](=O)[O-])c2)cc1. The Bertz CT molecular complexity index is 978. The van der Waals surface area contributed by atoms with E-state index in [2.05, 4.69) is 12.2 Å². The van der Waals surface area contributed by atoms with Gasteiger partial charge in [0, 0.05) is 12.1 Å². The van der Waals surface area contributed by atoms with E-state index >= 15 is 0 Å². The molecule has 2 N–H and O–H groups in total. The summed E-state index contributed by atoms with van der Waals surface area (Å²) in [6.07, 6.45) is 6.77. The van der Waals surface area contributed by atoms with E-state index < -0.39 is 32.7 Å². The lowest BCUT2D eigenvalue weighted by Crippen LogP contribution is -2.49. The second-order valence-electron chi connectivity index (χ2n) is 8.83. The second-order valence-corrected chi connectivity index (χ2v) is 8.83. The first-order chi connectivity index (χ1) is 16.7. The molecule has 2 rings (SSSR count).